The third-order valence-corrected chi connectivity index (χ3v) is 3.78. The van der Waals surface area contributed by atoms with Gasteiger partial charge in [-0.2, -0.15) is 5.10 Å². The van der Waals surface area contributed by atoms with Gasteiger partial charge in [0.25, 0.3) is 5.91 Å². The molecule has 0 saturated heterocycles. The van der Waals surface area contributed by atoms with Crippen molar-refractivity contribution in [1.82, 2.24) is 5.43 Å². The molecule has 1 amide bonds. The Bertz CT molecular complexity index is 844. The monoisotopic (exact) mass is 344 g/mol. The molecule has 0 saturated carbocycles. The topological polar surface area (TPSA) is 50.7 Å². The number of carbonyl (C=O) groups excluding carboxylic acids is 1. The lowest BCUT2D eigenvalue weighted by molar-refractivity contribution is -0.123. The summed E-state index contributed by atoms with van der Waals surface area (Å²) in [7, 11) is 0. The van der Waals surface area contributed by atoms with Gasteiger partial charge in [0.15, 0.2) is 6.61 Å². The van der Waals surface area contributed by atoms with Gasteiger partial charge in [-0.15, -0.1) is 0 Å². The molecule has 0 aliphatic carbocycles. The summed E-state index contributed by atoms with van der Waals surface area (Å²) >= 11 is 0. The molecular weight excluding hydrogens is 324 g/mol. The normalized spacial score (nSPS) is 10.6. The second kappa shape index (κ2) is 9.18. The van der Waals surface area contributed by atoms with Crippen LogP contribution in [0.5, 0.6) is 5.75 Å². The highest BCUT2D eigenvalue weighted by Gasteiger charge is 2.02. The Kier molecular flexibility index (Phi) is 6.15. The summed E-state index contributed by atoms with van der Waals surface area (Å²) < 4.78 is 5.49. The van der Waals surface area contributed by atoms with Crippen molar-refractivity contribution in [2.75, 3.05) is 6.61 Å². The molecule has 4 nitrogen and oxygen atoms in total. The number of rotatable bonds is 7. The summed E-state index contributed by atoms with van der Waals surface area (Å²) in [6.45, 7) is -0.0760. The molecule has 26 heavy (non-hydrogen) atoms. The fourth-order valence-corrected chi connectivity index (χ4v) is 2.44. The van der Waals surface area contributed by atoms with Crippen LogP contribution in [0.3, 0.4) is 0 Å². The van der Waals surface area contributed by atoms with E-state index < -0.39 is 0 Å². The molecule has 0 radical (unpaired) electrons. The predicted molar refractivity (Wildman–Crippen MR) is 104 cm³/mol. The zero-order valence-corrected chi connectivity index (χ0v) is 14.3. The fraction of sp³-hybridized carbons (Fsp3) is 0.0909. The van der Waals surface area contributed by atoms with Crippen LogP contribution in [0.25, 0.3) is 11.1 Å². The second-order valence-corrected chi connectivity index (χ2v) is 5.72. The molecule has 3 aromatic carbocycles. The molecule has 0 atom stereocenters. The molecule has 1 N–H and O–H groups in total. The van der Waals surface area contributed by atoms with E-state index in [9.17, 15) is 4.79 Å². The first-order chi connectivity index (χ1) is 12.8. The minimum atomic E-state index is -0.290. The van der Waals surface area contributed by atoms with E-state index in [2.05, 4.69) is 22.7 Å². The lowest BCUT2D eigenvalue weighted by Gasteiger charge is -2.06. The molecule has 4 heteroatoms. The van der Waals surface area contributed by atoms with E-state index in [1.54, 1.807) is 6.21 Å². The van der Waals surface area contributed by atoms with Crippen LogP contribution in [0.1, 0.15) is 5.56 Å². The molecule has 3 aromatic rings. The number of hydrazone groups is 1. The quantitative estimate of drug-likeness (QED) is 0.519. The van der Waals surface area contributed by atoms with E-state index in [0.29, 0.717) is 12.2 Å². The number of carbonyl (C=O) groups is 1. The van der Waals surface area contributed by atoms with Gasteiger partial charge >= 0.3 is 0 Å². The maximum Gasteiger partial charge on any atom is 0.277 e. The van der Waals surface area contributed by atoms with Gasteiger partial charge in [0.2, 0.25) is 0 Å². The molecule has 3 rings (SSSR count). The first-order valence-corrected chi connectivity index (χ1v) is 8.44. The minimum absolute atomic E-state index is 0.0760. The number of ether oxygens (including phenoxy) is 1. The molecule has 0 unspecified atom stereocenters. The summed E-state index contributed by atoms with van der Waals surface area (Å²) in [5, 5.41) is 3.93. The summed E-state index contributed by atoms with van der Waals surface area (Å²) in [4.78, 5) is 11.8. The largest absolute Gasteiger partial charge is 0.484 e. The van der Waals surface area contributed by atoms with Gasteiger partial charge in [0, 0.05) is 12.6 Å². The van der Waals surface area contributed by atoms with Crippen molar-refractivity contribution in [3.05, 3.63) is 90.5 Å². The van der Waals surface area contributed by atoms with Crippen LogP contribution in [0, 0.1) is 0 Å². The van der Waals surface area contributed by atoms with Crippen molar-refractivity contribution in [1.29, 1.82) is 0 Å². The first kappa shape index (κ1) is 17.4. The Morgan fingerprint density at radius 3 is 2.15 bits per heavy atom. The van der Waals surface area contributed by atoms with Crippen LogP contribution in [-0.2, 0) is 11.2 Å². The van der Waals surface area contributed by atoms with E-state index in [1.807, 2.05) is 72.8 Å². The van der Waals surface area contributed by atoms with E-state index in [-0.39, 0.29) is 12.5 Å². The van der Waals surface area contributed by atoms with E-state index >= 15 is 0 Å². The maximum atomic E-state index is 11.8. The van der Waals surface area contributed by atoms with Gasteiger partial charge in [-0.1, -0.05) is 72.8 Å². The highest BCUT2D eigenvalue weighted by molar-refractivity contribution is 5.78. The minimum Gasteiger partial charge on any atom is -0.484 e. The van der Waals surface area contributed by atoms with Gasteiger partial charge in [0.1, 0.15) is 5.75 Å². The second-order valence-electron chi connectivity index (χ2n) is 5.72. The van der Waals surface area contributed by atoms with Gasteiger partial charge in [-0.3, -0.25) is 4.79 Å². The Hall–Kier alpha value is -3.40. The zero-order chi connectivity index (χ0) is 18.0. The number of benzene rings is 3. The predicted octanol–water partition coefficient (Wildman–Crippen LogP) is 4.08. The molecule has 0 aromatic heterocycles. The molecule has 0 aliphatic heterocycles. The number of nitrogens with zero attached hydrogens (tertiary/aromatic N) is 1. The smallest absolute Gasteiger partial charge is 0.277 e. The van der Waals surface area contributed by atoms with Crippen molar-refractivity contribution < 1.29 is 9.53 Å². The molecule has 0 bridgehead atoms. The Balaban J connectivity index is 1.43. The summed E-state index contributed by atoms with van der Waals surface area (Å²) in [5.41, 5.74) is 5.85. The van der Waals surface area contributed by atoms with E-state index in [4.69, 9.17) is 4.74 Å². The van der Waals surface area contributed by atoms with Crippen LogP contribution in [0.4, 0.5) is 0 Å². The molecule has 0 heterocycles. The Morgan fingerprint density at radius 1 is 0.846 bits per heavy atom. The van der Waals surface area contributed by atoms with Crippen molar-refractivity contribution >= 4 is 12.1 Å². The zero-order valence-electron chi connectivity index (χ0n) is 14.3. The Morgan fingerprint density at radius 2 is 1.46 bits per heavy atom. The summed E-state index contributed by atoms with van der Waals surface area (Å²) in [5.74, 6) is 0.356. The lowest BCUT2D eigenvalue weighted by Crippen LogP contribution is -2.24. The lowest BCUT2D eigenvalue weighted by atomic mass is 10.1. The average Bonchev–Trinajstić information content (AvgIpc) is 2.71. The van der Waals surface area contributed by atoms with E-state index in [1.165, 1.54) is 0 Å². The van der Waals surface area contributed by atoms with Crippen molar-refractivity contribution in [2.24, 2.45) is 5.10 Å². The molecular formula is C22H20N2O2. The maximum absolute atomic E-state index is 11.8. The average molecular weight is 344 g/mol. The van der Waals surface area contributed by atoms with Gasteiger partial charge in [-0.05, 0) is 28.8 Å². The Labute approximate surface area is 153 Å². The third-order valence-electron chi connectivity index (χ3n) is 3.78. The van der Waals surface area contributed by atoms with Crippen LogP contribution < -0.4 is 10.2 Å². The fourth-order valence-electron chi connectivity index (χ4n) is 2.44. The molecule has 0 spiro atoms. The van der Waals surface area contributed by atoms with Gasteiger partial charge in [-0.25, -0.2) is 5.43 Å². The van der Waals surface area contributed by atoms with Gasteiger partial charge < -0.3 is 4.74 Å². The number of amides is 1. The first-order valence-electron chi connectivity index (χ1n) is 8.44. The van der Waals surface area contributed by atoms with Crippen LogP contribution >= 0.6 is 0 Å². The van der Waals surface area contributed by atoms with Crippen LogP contribution in [0.15, 0.2) is 90.0 Å². The summed E-state index contributed by atoms with van der Waals surface area (Å²) in [6.07, 6.45) is 2.34. The number of hydrogen-bond acceptors (Lipinski definition) is 3. The molecule has 0 fully saturated rings. The number of hydrogen-bond donors (Lipinski definition) is 1. The van der Waals surface area contributed by atoms with Crippen LogP contribution in [0.2, 0.25) is 0 Å². The van der Waals surface area contributed by atoms with Crippen LogP contribution in [-0.4, -0.2) is 18.7 Å². The van der Waals surface area contributed by atoms with Crippen molar-refractivity contribution in [3.8, 4) is 16.9 Å². The third kappa shape index (κ3) is 5.31. The SMILES string of the molecule is O=C(COc1ccc(-c2ccccc2)cc1)NN=CCc1ccccc1. The number of nitrogens with one attached hydrogen (secondary N) is 1. The molecule has 130 valence electrons. The van der Waals surface area contributed by atoms with Gasteiger partial charge in [0.05, 0.1) is 0 Å². The highest BCUT2D eigenvalue weighted by Crippen LogP contribution is 2.21. The summed E-state index contributed by atoms with van der Waals surface area (Å²) in [6, 6.07) is 27.7. The van der Waals surface area contributed by atoms with Crippen molar-refractivity contribution in [3.63, 3.8) is 0 Å². The molecule has 0 aliphatic rings. The van der Waals surface area contributed by atoms with E-state index in [0.717, 1.165) is 16.7 Å². The standard InChI is InChI=1S/C22H20N2O2/c25-22(24-23-16-15-18-7-3-1-4-8-18)17-26-21-13-11-20(12-14-21)19-9-5-2-6-10-19/h1-14,16H,15,17H2,(H,24,25). The van der Waals surface area contributed by atoms with Crippen molar-refractivity contribution in [2.45, 2.75) is 6.42 Å². The highest BCUT2D eigenvalue weighted by atomic mass is 16.5.